The minimum atomic E-state index is -3.66. The third-order valence-corrected chi connectivity index (χ3v) is 4.80. The summed E-state index contributed by atoms with van der Waals surface area (Å²) < 4.78 is 33.5. The fourth-order valence-electron chi connectivity index (χ4n) is 2.47. The molecule has 0 radical (unpaired) electrons. The average molecular weight is 385 g/mol. The first kappa shape index (κ1) is 20.6. The first-order chi connectivity index (χ1) is 12.5. The first-order valence-corrected chi connectivity index (χ1v) is 10.4. The average Bonchev–Trinajstić information content (AvgIpc) is 3.12. The molecule has 1 fully saturated rings. The highest BCUT2D eigenvalue weighted by atomic mass is 32.2. The fraction of sp³-hybridized carbons (Fsp3) is 0.588. The maximum atomic E-state index is 11.3. The topological polar surface area (TPSA) is 115 Å². The van der Waals surface area contributed by atoms with E-state index in [2.05, 4.69) is 15.6 Å². The monoisotopic (exact) mass is 384 g/mol. The summed E-state index contributed by atoms with van der Waals surface area (Å²) in [5, 5.41) is 11.5. The zero-order valence-electron chi connectivity index (χ0n) is 15.1. The van der Waals surface area contributed by atoms with Gasteiger partial charge in [-0.25, -0.2) is 18.5 Å². The molecule has 0 aromatic heterocycles. The molecule has 1 saturated heterocycles. The number of aliphatic imine (C=N–C) groups is 1. The molecule has 8 nitrogen and oxygen atoms in total. The van der Waals surface area contributed by atoms with Gasteiger partial charge in [-0.2, -0.15) is 0 Å². The van der Waals surface area contributed by atoms with E-state index in [1.165, 1.54) is 12.1 Å². The van der Waals surface area contributed by atoms with E-state index >= 15 is 0 Å². The van der Waals surface area contributed by atoms with Gasteiger partial charge in [-0.3, -0.25) is 0 Å². The van der Waals surface area contributed by atoms with Crippen LogP contribution >= 0.6 is 0 Å². The number of benzene rings is 1. The molecule has 26 heavy (non-hydrogen) atoms. The molecule has 0 aliphatic carbocycles. The summed E-state index contributed by atoms with van der Waals surface area (Å²) in [6.07, 6.45) is 2.09. The van der Waals surface area contributed by atoms with E-state index in [4.69, 9.17) is 14.6 Å². The number of rotatable bonds is 9. The molecule has 1 aliphatic heterocycles. The normalized spacial score (nSPS) is 18.1. The third kappa shape index (κ3) is 7.28. The second kappa shape index (κ2) is 10.5. The molecule has 1 unspecified atom stereocenters. The van der Waals surface area contributed by atoms with Crippen LogP contribution in [0.2, 0.25) is 0 Å². The Labute approximate surface area is 155 Å². The van der Waals surface area contributed by atoms with Gasteiger partial charge in [-0.05, 0) is 37.5 Å². The zero-order chi connectivity index (χ0) is 18.8. The molecule has 9 heteroatoms. The number of hydrogen-bond donors (Lipinski definition) is 3. The smallest absolute Gasteiger partial charge is 0.238 e. The van der Waals surface area contributed by atoms with E-state index in [1.807, 2.05) is 6.92 Å². The molecule has 0 amide bonds. The van der Waals surface area contributed by atoms with Gasteiger partial charge >= 0.3 is 0 Å². The molecule has 1 atom stereocenters. The van der Waals surface area contributed by atoms with Crippen molar-refractivity contribution in [2.24, 2.45) is 10.1 Å². The van der Waals surface area contributed by atoms with Crippen LogP contribution in [-0.2, 0) is 26.0 Å². The maximum absolute atomic E-state index is 11.3. The quantitative estimate of drug-likeness (QED) is 0.326. The maximum Gasteiger partial charge on any atom is 0.238 e. The van der Waals surface area contributed by atoms with Gasteiger partial charge in [0, 0.05) is 26.3 Å². The van der Waals surface area contributed by atoms with Gasteiger partial charge in [-0.1, -0.05) is 12.1 Å². The molecule has 2 rings (SSSR count). The van der Waals surface area contributed by atoms with Crippen LogP contribution in [0.15, 0.2) is 34.2 Å². The van der Waals surface area contributed by atoms with Gasteiger partial charge in [0.15, 0.2) is 5.96 Å². The summed E-state index contributed by atoms with van der Waals surface area (Å²) in [7, 11) is -3.66. The number of guanidine groups is 1. The Balaban J connectivity index is 1.76. The lowest BCUT2D eigenvalue weighted by atomic mass is 10.2. The number of nitrogens with two attached hydrogens (primary N) is 1. The van der Waals surface area contributed by atoms with E-state index in [0.29, 0.717) is 25.7 Å². The van der Waals surface area contributed by atoms with E-state index < -0.39 is 10.0 Å². The molecule has 4 N–H and O–H groups in total. The molecular weight excluding hydrogens is 356 g/mol. The van der Waals surface area contributed by atoms with Crippen LogP contribution in [0, 0.1) is 0 Å². The van der Waals surface area contributed by atoms with Gasteiger partial charge in [0.2, 0.25) is 10.0 Å². The molecule has 1 aromatic rings. The van der Waals surface area contributed by atoms with E-state index in [1.54, 1.807) is 12.1 Å². The van der Waals surface area contributed by atoms with E-state index in [0.717, 1.165) is 38.1 Å². The van der Waals surface area contributed by atoms with Crippen molar-refractivity contribution in [1.82, 2.24) is 10.6 Å². The van der Waals surface area contributed by atoms with Crippen LogP contribution < -0.4 is 15.8 Å². The first-order valence-electron chi connectivity index (χ1n) is 8.82. The zero-order valence-corrected chi connectivity index (χ0v) is 15.9. The van der Waals surface area contributed by atoms with Gasteiger partial charge in [0.25, 0.3) is 0 Å². The second-order valence-corrected chi connectivity index (χ2v) is 7.58. The van der Waals surface area contributed by atoms with E-state index in [9.17, 15) is 8.42 Å². The number of ether oxygens (including phenoxy) is 2. The lowest BCUT2D eigenvalue weighted by Crippen LogP contribution is -2.38. The highest BCUT2D eigenvalue weighted by molar-refractivity contribution is 7.89. The largest absolute Gasteiger partial charge is 0.379 e. The minimum absolute atomic E-state index is 0.0999. The number of nitrogens with zero attached hydrogens (tertiary/aromatic N) is 1. The predicted molar refractivity (Wildman–Crippen MR) is 100 cm³/mol. The summed E-state index contributed by atoms with van der Waals surface area (Å²) in [5.41, 5.74) is 0.902. The summed E-state index contributed by atoms with van der Waals surface area (Å²) in [6.45, 7) is 6.13. The predicted octanol–water partition coefficient (Wildman–Crippen LogP) is 0.585. The SMILES string of the molecule is CCNC(=NCc1ccc(S(N)(=O)=O)cc1)NCCCOC1CCOC1. The van der Waals surface area contributed by atoms with Crippen LogP contribution in [0.3, 0.4) is 0 Å². The molecule has 146 valence electrons. The van der Waals surface area contributed by atoms with Gasteiger partial charge in [0.1, 0.15) is 0 Å². The number of hydrogen-bond acceptors (Lipinski definition) is 5. The number of primary sulfonamides is 1. The van der Waals surface area contributed by atoms with Crippen molar-refractivity contribution in [2.75, 3.05) is 32.9 Å². The Morgan fingerprint density at radius 3 is 2.73 bits per heavy atom. The van der Waals surface area contributed by atoms with Crippen molar-refractivity contribution >= 4 is 16.0 Å². The molecule has 0 saturated carbocycles. The molecule has 0 spiro atoms. The van der Waals surface area contributed by atoms with Crippen molar-refractivity contribution in [2.45, 2.75) is 37.3 Å². The Kier molecular flexibility index (Phi) is 8.30. The number of nitrogens with one attached hydrogen (secondary N) is 2. The Hall–Kier alpha value is -1.68. The van der Waals surface area contributed by atoms with Crippen molar-refractivity contribution in [1.29, 1.82) is 0 Å². The van der Waals surface area contributed by atoms with Crippen molar-refractivity contribution in [3.8, 4) is 0 Å². The molecule has 1 aromatic carbocycles. The van der Waals surface area contributed by atoms with E-state index in [-0.39, 0.29) is 11.0 Å². The lowest BCUT2D eigenvalue weighted by Gasteiger charge is -2.13. The molecular formula is C17H28N4O4S. The van der Waals surface area contributed by atoms with Crippen LogP contribution in [0.1, 0.15) is 25.3 Å². The van der Waals surface area contributed by atoms with Crippen LogP contribution in [0.5, 0.6) is 0 Å². The molecule has 1 aliphatic rings. The lowest BCUT2D eigenvalue weighted by molar-refractivity contribution is 0.0420. The highest BCUT2D eigenvalue weighted by Crippen LogP contribution is 2.10. The van der Waals surface area contributed by atoms with Crippen LogP contribution in [-0.4, -0.2) is 53.4 Å². The Morgan fingerprint density at radius 2 is 2.12 bits per heavy atom. The number of sulfonamides is 1. The van der Waals surface area contributed by atoms with Crippen molar-refractivity contribution in [3.63, 3.8) is 0 Å². The van der Waals surface area contributed by atoms with Gasteiger partial charge in [-0.15, -0.1) is 0 Å². The van der Waals surface area contributed by atoms with Crippen molar-refractivity contribution in [3.05, 3.63) is 29.8 Å². The minimum Gasteiger partial charge on any atom is -0.379 e. The van der Waals surface area contributed by atoms with Crippen LogP contribution in [0.25, 0.3) is 0 Å². The summed E-state index contributed by atoms with van der Waals surface area (Å²) in [5.74, 6) is 0.715. The summed E-state index contributed by atoms with van der Waals surface area (Å²) in [4.78, 5) is 4.60. The summed E-state index contributed by atoms with van der Waals surface area (Å²) >= 11 is 0. The third-order valence-electron chi connectivity index (χ3n) is 3.87. The fourth-order valence-corrected chi connectivity index (χ4v) is 2.99. The molecule has 1 heterocycles. The summed E-state index contributed by atoms with van der Waals surface area (Å²) in [6, 6.07) is 6.41. The van der Waals surface area contributed by atoms with Gasteiger partial charge in [0.05, 0.1) is 24.2 Å². The Morgan fingerprint density at radius 1 is 1.35 bits per heavy atom. The second-order valence-electron chi connectivity index (χ2n) is 6.02. The van der Waals surface area contributed by atoms with Crippen LogP contribution in [0.4, 0.5) is 0 Å². The Bertz CT molecular complexity index is 671. The van der Waals surface area contributed by atoms with Crippen molar-refractivity contribution < 1.29 is 17.9 Å². The highest BCUT2D eigenvalue weighted by Gasteiger charge is 2.15. The van der Waals surface area contributed by atoms with Gasteiger partial charge < -0.3 is 20.1 Å². The molecule has 0 bridgehead atoms. The standard InChI is InChI=1S/C17H28N4O4S/c1-2-19-17(20-9-3-10-25-15-8-11-24-13-15)21-12-14-4-6-16(7-5-14)26(18,22)23/h4-7,15H,2-3,8-13H2,1H3,(H2,18,22,23)(H2,19,20,21).